The minimum absolute atomic E-state index is 0.00988. The van der Waals surface area contributed by atoms with Crippen LogP contribution in [0.4, 0.5) is 0 Å². The van der Waals surface area contributed by atoms with Gasteiger partial charge in [-0.1, -0.05) is 56.3 Å². The van der Waals surface area contributed by atoms with Crippen molar-refractivity contribution in [2.75, 3.05) is 0 Å². The van der Waals surface area contributed by atoms with Gasteiger partial charge in [0.25, 0.3) is 0 Å². The molecule has 0 aliphatic heterocycles. The van der Waals surface area contributed by atoms with Gasteiger partial charge >= 0.3 is 0 Å². The Labute approximate surface area is 138 Å². The average Bonchev–Trinajstić information content (AvgIpc) is 2.72. The minimum Gasteiger partial charge on any atom is -0.322 e. The second-order valence-electron chi connectivity index (χ2n) is 7.85. The highest BCUT2D eigenvalue weighted by Gasteiger charge is 2.36. The molecule has 0 aromatic heterocycles. The van der Waals surface area contributed by atoms with Crippen molar-refractivity contribution in [3.05, 3.63) is 71.3 Å². The quantitative estimate of drug-likeness (QED) is 0.645. The number of hydrogen-bond donors (Lipinski definition) is 1. The summed E-state index contributed by atoms with van der Waals surface area (Å²) in [5.74, 6) is 0. The molecule has 1 aliphatic carbocycles. The van der Waals surface area contributed by atoms with Crippen LogP contribution in [0.3, 0.4) is 0 Å². The predicted octanol–water partition coefficient (Wildman–Crippen LogP) is 5.34. The van der Waals surface area contributed by atoms with Crippen molar-refractivity contribution in [3.63, 3.8) is 0 Å². The van der Waals surface area contributed by atoms with Gasteiger partial charge in [-0.15, -0.1) is 0 Å². The van der Waals surface area contributed by atoms with Crippen LogP contribution >= 0.6 is 0 Å². The van der Waals surface area contributed by atoms with Crippen LogP contribution in [0.5, 0.6) is 0 Å². The molecule has 0 bridgehead atoms. The predicted molar refractivity (Wildman–Crippen MR) is 98.7 cm³/mol. The monoisotopic (exact) mass is 301 g/mol. The Morgan fingerprint density at radius 2 is 1.39 bits per heavy atom. The number of benzene rings is 3. The molecule has 1 heteroatoms. The SMILES string of the molecule is CC(C)(N)c1ccc2c(c1)C(C)(C)c1cc3ccccc3cc1-2. The first-order valence-electron chi connectivity index (χ1n) is 8.26. The van der Waals surface area contributed by atoms with E-state index in [9.17, 15) is 0 Å². The van der Waals surface area contributed by atoms with Crippen LogP contribution < -0.4 is 5.73 Å². The van der Waals surface area contributed by atoms with Crippen molar-refractivity contribution >= 4 is 10.8 Å². The van der Waals surface area contributed by atoms with Gasteiger partial charge in [0.2, 0.25) is 0 Å². The van der Waals surface area contributed by atoms with Gasteiger partial charge in [-0.25, -0.2) is 0 Å². The lowest BCUT2D eigenvalue weighted by molar-refractivity contribution is 0.551. The second-order valence-corrected chi connectivity index (χ2v) is 7.85. The van der Waals surface area contributed by atoms with Crippen molar-refractivity contribution < 1.29 is 0 Å². The molecule has 1 aliphatic rings. The molecule has 4 rings (SSSR count). The molecule has 3 aromatic rings. The Kier molecular flexibility index (Phi) is 2.80. The van der Waals surface area contributed by atoms with Gasteiger partial charge < -0.3 is 5.73 Å². The highest BCUT2D eigenvalue weighted by atomic mass is 14.7. The standard InChI is InChI=1S/C22H23N/c1-21(2)19-12-15-8-6-5-7-14(15)11-18(19)17-10-9-16(13-20(17)21)22(3,4)23/h5-13H,23H2,1-4H3. The van der Waals surface area contributed by atoms with E-state index in [1.807, 2.05) is 0 Å². The van der Waals surface area contributed by atoms with Gasteiger partial charge in [-0.2, -0.15) is 0 Å². The molecule has 116 valence electrons. The zero-order valence-electron chi connectivity index (χ0n) is 14.3. The zero-order chi connectivity index (χ0) is 16.4. The number of fused-ring (bicyclic) bond motifs is 4. The van der Waals surface area contributed by atoms with Crippen LogP contribution in [0.2, 0.25) is 0 Å². The summed E-state index contributed by atoms with van der Waals surface area (Å²) in [4.78, 5) is 0. The summed E-state index contributed by atoms with van der Waals surface area (Å²) in [5.41, 5.74) is 12.7. The summed E-state index contributed by atoms with van der Waals surface area (Å²) in [6.45, 7) is 8.77. The first-order chi connectivity index (χ1) is 10.8. The third-order valence-corrected chi connectivity index (χ3v) is 5.29. The summed E-state index contributed by atoms with van der Waals surface area (Å²) < 4.78 is 0. The largest absolute Gasteiger partial charge is 0.322 e. The molecule has 0 heterocycles. The lowest BCUT2D eigenvalue weighted by Gasteiger charge is -2.25. The molecule has 0 unspecified atom stereocenters. The van der Waals surface area contributed by atoms with E-state index >= 15 is 0 Å². The Hall–Kier alpha value is -2.12. The van der Waals surface area contributed by atoms with Crippen LogP contribution in [-0.4, -0.2) is 0 Å². The average molecular weight is 301 g/mol. The molecule has 0 radical (unpaired) electrons. The highest BCUT2D eigenvalue weighted by molar-refractivity contribution is 5.93. The summed E-state index contributed by atoms with van der Waals surface area (Å²) in [5, 5.41) is 2.62. The Balaban J connectivity index is 2.02. The molecule has 0 atom stereocenters. The van der Waals surface area contributed by atoms with Gasteiger partial charge in [0.1, 0.15) is 0 Å². The fourth-order valence-electron chi connectivity index (χ4n) is 3.82. The van der Waals surface area contributed by atoms with Gasteiger partial charge in [0, 0.05) is 11.0 Å². The van der Waals surface area contributed by atoms with Crippen LogP contribution in [0.1, 0.15) is 44.4 Å². The normalized spacial score (nSPS) is 15.5. The lowest BCUT2D eigenvalue weighted by Crippen LogP contribution is -2.29. The first kappa shape index (κ1) is 14.5. The third kappa shape index (κ3) is 2.04. The van der Waals surface area contributed by atoms with Crippen molar-refractivity contribution in [2.24, 2.45) is 5.73 Å². The zero-order valence-corrected chi connectivity index (χ0v) is 14.3. The van der Waals surface area contributed by atoms with Crippen molar-refractivity contribution in [1.82, 2.24) is 0 Å². The molecule has 0 fully saturated rings. The summed E-state index contributed by atoms with van der Waals surface area (Å²) in [6, 6.07) is 20.0. The van der Waals surface area contributed by atoms with Gasteiger partial charge in [-0.05, 0) is 64.6 Å². The molecular formula is C22H23N. The summed E-state index contributed by atoms with van der Waals surface area (Å²) in [7, 11) is 0. The van der Waals surface area contributed by atoms with Crippen LogP contribution in [0.15, 0.2) is 54.6 Å². The van der Waals surface area contributed by atoms with Crippen molar-refractivity contribution in [3.8, 4) is 11.1 Å². The molecule has 1 nitrogen and oxygen atoms in total. The van der Waals surface area contributed by atoms with E-state index in [2.05, 4.69) is 82.3 Å². The maximum atomic E-state index is 6.33. The minimum atomic E-state index is -0.315. The van der Waals surface area contributed by atoms with Crippen LogP contribution in [0, 0.1) is 0 Å². The first-order valence-corrected chi connectivity index (χ1v) is 8.26. The molecule has 23 heavy (non-hydrogen) atoms. The number of hydrogen-bond acceptors (Lipinski definition) is 1. The molecule has 3 aromatic carbocycles. The summed E-state index contributed by atoms with van der Waals surface area (Å²) in [6.07, 6.45) is 0. The van der Waals surface area contributed by atoms with E-state index in [0.717, 1.165) is 0 Å². The van der Waals surface area contributed by atoms with Crippen molar-refractivity contribution in [2.45, 2.75) is 38.6 Å². The molecule has 0 spiro atoms. The Bertz CT molecular complexity index is 926. The Morgan fingerprint density at radius 3 is 2.04 bits per heavy atom. The lowest BCUT2D eigenvalue weighted by atomic mass is 9.80. The number of nitrogens with two attached hydrogens (primary N) is 1. The van der Waals surface area contributed by atoms with E-state index in [1.54, 1.807) is 0 Å². The summed E-state index contributed by atoms with van der Waals surface area (Å²) >= 11 is 0. The Morgan fingerprint density at radius 1 is 0.783 bits per heavy atom. The van der Waals surface area contributed by atoms with E-state index < -0.39 is 0 Å². The maximum absolute atomic E-state index is 6.33. The molecule has 0 amide bonds. The van der Waals surface area contributed by atoms with Gasteiger partial charge in [0.15, 0.2) is 0 Å². The molecule has 0 saturated heterocycles. The smallest absolute Gasteiger partial charge is 0.0352 e. The fraction of sp³-hybridized carbons (Fsp3) is 0.273. The van der Waals surface area contributed by atoms with E-state index in [-0.39, 0.29) is 11.0 Å². The highest BCUT2D eigenvalue weighted by Crippen LogP contribution is 2.50. The fourth-order valence-corrected chi connectivity index (χ4v) is 3.82. The van der Waals surface area contributed by atoms with E-state index in [4.69, 9.17) is 5.73 Å². The third-order valence-electron chi connectivity index (χ3n) is 5.29. The second kappa shape index (κ2) is 4.46. The van der Waals surface area contributed by atoms with Crippen LogP contribution in [0.25, 0.3) is 21.9 Å². The number of rotatable bonds is 1. The van der Waals surface area contributed by atoms with Gasteiger partial charge in [-0.3, -0.25) is 0 Å². The van der Waals surface area contributed by atoms with E-state index in [0.29, 0.717) is 0 Å². The van der Waals surface area contributed by atoms with E-state index in [1.165, 1.54) is 38.6 Å². The van der Waals surface area contributed by atoms with Crippen molar-refractivity contribution in [1.29, 1.82) is 0 Å². The van der Waals surface area contributed by atoms with Gasteiger partial charge in [0.05, 0.1) is 0 Å². The topological polar surface area (TPSA) is 26.0 Å². The molecule has 0 saturated carbocycles. The van der Waals surface area contributed by atoms with Crippen LogP contribution in [-0.2, 0) is 11.0 Å². The molecular weight excluding hydrogens is 278 g/mol. The molecule has 2 N–H and O–H groups in total. The maximum Gasteiger partial charge on any atom is 0.0352 e.